The molecule has 0 amide bonds. The minimum absolute atomic E-state index is 0.202. The number of benzene rings is 1. The van der Waals surface area contributed by atoms with Gasteiger partial charge in [-0.25, -0.2) is 5.11 Å². The van der Waals surface area contributed by atoms with Crippen molar-refractivity contribution < 1.29 is 9.84 Å². The van der Waals surface area contributed by atoms with Crippen LogP contribution in [0.1, 0.15) is 0 Å². The third kappa shape index (κ3) is 2.91. The summed E-state index contributed by atoms with van der Waals surface area (Å²) in [7, 11) is 0. The zero-order chi connectivity index (χ0) is 8.10. The van der Waals surface area contributed by atoms with Gasteiger partial charge in [0, 0.05) is 4.47 Å². The lowest BCUT2D eigenvalue weighted by Crippen LogP contribution is -2.00. The highest BCUT2D eigenvalue weighted by atomic mass is 79.9. The second kappa shape index (κ2) is 4.36. The molecule has 0 aliphatic rings. The highest BCUT2D eigenvalue weighted by molar-refractivity contribution is 9.10. The number of hydrogen-bond donors (Lipinski definition) is 0. The Bertz CT molecular complexity index is 225. The summed E-state index contributed by atoms with van der Waals surface area (Å²) in [5.41, 5.74) is 0. The van der Waals surface area contributed by atoms with Crippen molar-refractivity contribution in [1.29, 1.82) is 0 Å². The summed E-state index contributed by atoms with van der Waals surface area (Å²) in [6.45, 7) is 0.0307. The van der Waals surface area contributed by atoms with E-state index in [1.165, 1.54) is 0 Å². The Kier molecular flexibility index (Phi) is 3.39. The van der Waals surface area contributed by atoms with Crippen LogP contribution in [0, 0.1) is 0 Å². The minimum Gasteiger partial charge on any atom is -0.491 e. The molecule has 11 heavy (non-hydrogen) atoms. The van der Waals surface area contributed by atoms with Crippen LogP contribution in [0.3, 0.4) is 0 Å². The van der Waals surface area contributed by atoms with Crippen LogP contribution in [0.2, 0.25) is 0 Å². The molecule has 1 rings (SSSR count). The van der Waals surface area contributed by atoms with Gasteiger partial charge in [0.15, 0.2) is 0 Å². The second-order valence-corrected chi connectivity index (χ2v) is 2.93. The average Bonchev–Trinajstić information content (AvgIpc) is 2.01. The molecule has 0 aliphatic heterocycles. The van der Waals surface area contributed by atoms with E-state index in [4.69, 9.17) is 4.74 Å². The van der Waals surface area contributed by atoms with Gasteiger partial charge in [0.05, 0.1) is 0 Å². The molecule has 1 radical (unpaired) electrons. The van der Waals surface area contributed by atoms with Gasteiger partial charge in [-0.1, -0.05) is 22.0 Å². The third-order valence-electron chi connectivity index (χ3n) is 1.15. The normalized spacial score (nSPS) is 9.64. The molecule has 0 fully saturated rings. The SMILES string of the molecule is [O]CCOc1cccc(Br)c1. The number of hydrogen-bond acceptors (Lipinski definition) is 1. The van der Waals surface area contributed by atoms with Crippen molar-refractivity contribution in [2.24, 2.45) is 0 Å². The van der Waals surface area contributed by atoms with Crippen molar-refractivity contribution in [1.82, 2.24) is 0 Å². The number of halogens is 1. The first kappa shape index (κ1) is 8.56. The van der Waals surface area contributed by atoms with Crippen LogP contribution in [0.15, 0.2) is 28.7 Å². The molecular formula is C8H8BrO2. The molecule has 0 N–H and O–H groups in total. The summed E-state index contributed by atoms with van der Waals surface area (Å²) in [6.07, 6.45) is 0. The highest BCUT2D eigenvalue weighted by Gasteiger charge is 1.92. The summed E-state index contributed by atoms with van der Waals surface area (Å²) >= 11 is 3.30. The molecule has 2 nitrogen and oxygen atoms in total. The molecule has 0 spiro atoms. The van der Waals surface area contributed by atoms with Crippen LogP contribution >= 0.6 is 15.9 Å². The van der Waals surface area contributed by atoms with Crippen LogP contribution < -0.4 is 4.74 Å². The van der Waals surface area contributed by atoms with E-state index in [1.807, 2.05) is 24.3 Å². The fraction of sp³-hybridized carbons (Fsp3) is 0.250. The zero-order valence-corrected chi connectivity index (χ0v) is 7.50. The summed E-state index contributed by atoms with van der Waals surface area (Å²) < 4.78 is 6.05. The first-order chi connectivity index (χ1) is 5.33. The molecule has 0 bridgehead atoms. The Balaban J connectivity index is 2.56. The van der Waals surface area contributed by atoms with Crippen molar-refractivity contribution in [3.63, 3.8) is 0 Å². The molecule has 0 heterocycles. The molecule has 1 aromatic carbocycles. The first-order valence-electron chi connectivity index (χ1n) is 3.29. The Morgan fingerprint density at radius 3 is 2.91 bits per heavy atom. The van der Waals surface area contributed by atoms with E-state index in [9.17, 15) is 5.11 Å². The molecule has 59 valence electrons. The molecule has 1 aromatic rings. The molecule has 0 aliphatic carbocycles. The Morgan fingerprint density at radius 1 is 1.45 bits per heavy atom. The van der Waals surface area contributed by atoms with Crippen molar-refractivity contribution in [3.8, 4) is 5.75 Å². The monoisotopic (exact) mass is 215 g/mol. The summed E-state index contributed by atoms with van der Waals surface area (Å²) in [5, 5.41) is 10.1. The smallest absolute Gasteiger partial charge is 0.120 e. The van der Waals surface area contributed by atoms with Gasteiger partial charge in [0.1, 0.15) is 19.0 Å². The lowest BCUT2D eigenvalue weighted by molar-refractivity contribution is 0.138. The topological polar surface area (TPSA) is 29.1 Å². The maximum Gasteiger partial charge on any atom is 0.120 e. The van der Waals surface area contributed by atoms with Crippen LogP contribution in [-0.2, 0) is 5.11 Å². The molecule has 0 aromatic heterocycles. The van der Waals surface area contributed by atoms with E-state index >= 15 is 0 Å². The van der Waals surface area contributed by atoms with Gasteiger partial charge in [0.2, 0.25) is 0 Å². The van der Waals surface area contributed by atoms with E-state index in [0.29, 0.717) is 0 Å². The molecule has 0 saturated heterocycles. The van der Waals surface area contributed by atoms with Gasteiger partial charge in [-0.15, -0.1) is 0 Å². The fourth-order valence-corrected chi connectivity index (χ4v) is 1.09. The van der Waals surface area contributed by atoms with E-state index in [0.717, 1.165) is 10.2 Å². The van der Waals surface area contributed by atoms with Crippen molar-refractivity contribution >= 4 is 15.9 Å². The van der Waals surface area contributed by atoms with Crippen molar-refractivity contribution in [3.05, 3.63) is 28.7 Å². The average molecular weight is 216 g/mol. The van der Waals surface area contributed by atoms with Crippen LogP contribution in [0.5, 0.6) is 5.75 Å². The number of ether oxygens (including phenoxy) is 1. The Hall–Kier alpha value is -0.540. The standard InChI is InChI=1S/C8H8BrO2/c9-7-2-1-3-8(6-7)11-5-4-10/h1-3,6H,4-5H2. The van der Waals surface area contributed by atoms with Crippen molar-refractivity contribution in [2.75, 3.05) is 13.2 Å². The quantitative estimate of drug-likeness (QED) is 0.761. The van der Waals surface area contributed by atoms with Gasteiger partial charge >= 0.3 is 0 Å². The van der Waals surface area contributed by atoms with Gasteiger partial charge in [0.25, 0.3) is 0 Å². The lowest BCUT2D eigenvalue weighted by atomic mass is 10.3. The fourth-order valence-electron chi connectivity index (χ4n) is 0.716. The van der Waals surface area contributed by atoms with E-state index in [2.05, 4.69) is 15.9 Å². The van der Waals surface area contributed by atoms with Crippen molar-refractivity contribution in [2.45, 2.75) is 0 Å². The number of rotatable bonds is 3. The second-order valence-electron chi connectivity index (χ2n) is 2.01. The van der Waals surface area contributed by atoms with Gasteiger partial charge < -0.3 is 4.74 Å². The molecule has 0 atom stereocenters. The minimum atomic E-state index is -0.202. The predicted octanol–water partition coefficient (Wildman–Crippen LogP) is 2.26. The summed E-state index contributed by atoms with van der Waals surface area (Å²) in [5.74, 6) is 0.732. The van der Waals surface area contributed by atoms with Crippen LogP contribution in [0.4, 0.5) is 0 Å². The summed E-state index contributed by atoms with van der Waals surface area (Å²) in [4.78, 5) is 0. The molecule has 3 heteroatoms. The van der Waals surface area contributed by atoms with Gasteiger partial charge in [-0.2, -0.15) is 0 Å². The Labute approximate surface area is 73.9 Å². The molecular weight excluding hydrogens is 208 g/mol. The third-order valence-corrected chi connectivity index (χ3v) is 1.64. The van der Waals surface area contributed by atoms with E-state index in [1.54, 1.807) is 0 Å². The Morgan fingerprint density at radius 2 is 2.27 bits per heavy atom. The first-order valence-corrected chi connectivity index (χ1v) is 4.08. The van der Waals surface area contributed by atoms with E-state index in [-0.39, 0.29) is 13.2 Å². The van der Waals surface area contributed by atoms with Gasteiger partial charge in [-0.05, 0) is 18.2 Å². The predicted molar refractivity (Wildman–Crippen MR) is 45.2 cm³/mol. The van der Waals surface area contributed by atoms with Gasteiger partial charge in [-0.3, -0.25) is 0 Å². The summed E-state index contributed by atoms with van der Waals surface area (Å²) in [6, 6.07) is 7.42. The zero-order valence-electron chi connectivity index (χ0n) is 5.92. The maximum atomic E-state index is 10.1. The van der Waals surface area contributed by atoms with Crippen LogP contribution in [0.25, 0.3) is 0 Å². The van der Waals surface area contributed by atoms with E-state index < -0.39 is 0 Å². The largest absolute Gasteiger partial charge is 0.491 e. The van der Waals surface area contributed by atoms with Crippen LogP contribution in [-0.4, -0.2) is 13.2 Å². The molecule has 0 saturated carbocycles. The highest BCUT2D eigenvalue weighted by Crippen LogP contribution is 2.17. The lowest BCUT2D eigenvalue weighted by Gasteiger charge is -2.02. The molecule has 0 unspecified atom stereocenters. The maximum absolute atomic E-state index is 10.1.